The Balaban J connectivity index is 1.77. The molecule has 4 rings (SSSR count). The summed E-state index contributed by atoms with van der Waals surface area (Å²) in [6.45, 7) is 0.320. The van der Waals surface area contributed by atoms with Gasteiger partial charge < -0.3 is 14.6 Å². The maximum absolute atomic E-state index is 12.5. The van der Waals surface area contributed by atoms with Gasteiger partial charge in [0.1, 0.15) is 5.60 Å². The lowest BCUT2D eigenvalue weighted by Crippen LogP contribution is -2.45. The number of carbonyl (C=O) groups is 2. The third kappa shape index (κ3) is 1.26. The Morgan fingerprint density at radius 1 is 1.63 bits per heavy atom. The van der Waals surface area contributed by atoms with Gasteiger partial charge in [0.15, 0.2) is 5.13 Å². The Morgan fingerprint density at radius 3 is 3.16 bits per heavy atom. The minimum absolute atomic E-state index is 0.240. The summed E-state index contributed by atoms with van der Waals surface area (Å²) in [6.07, 6.45) is 4.60. The fourth-order valence-electron chi connectivity index (χ4n) is 3.28. The van der Waals surface area contributed by atoms with Crippen LogP contribution in [0.5, 0.6) is 0 Å². The second-order valence-corrected chi connectivity index (χ2v) is 5.83. The number of anilines is 1. The predicted molar refractivity (Wildman–Crippen MR) is 63.2 cm³/mol. The van der Waals surface area contributed by atoms with Crippen LogP contribution in [0, 0.1) is 11.8 Å². The van der Waals surface area contributed by atoms with Crippen molar-refractivity contribution >= 4 is 28.3 Å². The molecule has 1 aromatic rings. The number of carboxylic acid groups (broad SMARTS) is 1. The zero-order chi connectivity index (χ0) is 13.2. The highest BCUT2D eigenvalue weighted by Crippen LogP contribution is 2.52. The summed E-state index contributed by atoms with van der Waals surface area (Å²) in [7, 11) is 0. The molecular weight excluding hydrogens is 268 g/mol. The molecule has 0 radical (unpaired) electrons. The van der Waals surface area contributed by atoms with Gasteiger partial charge in [-0.3, -0.25) is 9.69 Å². The number of carbonyl (C=O) groups excluding carboxylic acids is 2. The molecule has 3 aliphatic heterocycles. The molecule has 4 atom stereocenters. The summed E-state index contributed by atoms with van der Waals surface area (Å²) in [5, 5.41) is 13.6. The third-order valence-corrected chi connectivity index (χ3v) is 4.82. The lowest BCUT2D eigenvalue weighted by molar-refractivity contribution is -0.313. The van der Waals surface area contributed by atoms with E-state index in [1.54, 1.807) is 17.7 Å². The van der Waals surface area contributed by atoms with Crippen molar-refractivity contribution in [3.8, 4) is 0 Å². The van der Waals surface area contributed by atoms with E-state index < -0.39 is 29.5 Å². The Bertz CT molecular complexity index is 599. The van der Waals surface area contributed by atoms with Crippen LogP contribution >= 0.6 is 11.3 Å². The number of aromatic nitrogens is 1. The molecule has 0 unspecified atom stereocenters. The molecule has 2 fully saturated rings. The summed E-state index contributed by atoms with van der Waals surface area (Å²) in [4.78, 5) is 29.4. The number of rotatable bonds is 2. The van der Waals surface area contributed by atoms with E-state index in [1.807, 2.05) is 6.08 Å². The number of fused-ring (bicyclic) bond motifs is 1. The molecule has 6 nitrogen and oxygen atoms in total. The minimum atomic E-state index is -1.23. The molecule has 1 aromatic heterocycles. The minimum Gasteiger partial charge on any atom is -0.550 e. The number of hydrogen-bond donors (Lipinski definition) is 0. The van der Waals surface area contributed by atoms with Crippen LogP contribution in [0.4, 0.5) is 5.13 Å². The van der Waals surface area contributed by atoms with Gasteiger partial charge in [-0.2, -0.15) is 0 Å². The predicted octanol–water partition coefficient (Wildman–Crippen LogP) is -0.821. The van der Waals surface area contributed by atoms with E-state index in [9.17, 15) is 14.7 Å². The topological polar surface area (TPSA) is 82.6 Å². The number of hydrogen-bond acceptors (Lipinski definition) is 6. The van der Waals surface area contributed by atoms with Crippen LogP contribution in [0.15, 0.2) is 23.7 Å². The van der Waals surface area contributed by atoms with Crippen molar-refractivity contribution in [2.75, 3.05) is 11.4 Å². The van der Waals surface area contributed by atoms with Gasteiger partial charge in [0.2, 0.25) is 5.91 Å². The van der Waals surface area contributed by atoms with E-state index in [2.05, 4.69) is 4.98 Å². The van der Waals surface area contributed by atoms with Gasteiger partial charge in [-0.1, -0.05) is 12.2 Å². The van der Waals surface area contributed by atoms with E-state index in [-0.39, 0.29) is 5.91 Å². The molecule has 7 heteroatoms. The molecule has 0 N–H and O–H groups in total. The molecule has 19 heavy (non-hydrogen) atoms. The molecule has 4 heterocycles. The van der Waals surface area contributed by atoms with Gasteiger partial charge in [0, 0.05) is 23.5 Å². The lowest BCUT2D eigenvalue weighted by atomic mass is 9.77. The number of aliphatic carboxylic acids is 1. The molecule has 0 saturated carbocycles. The Labute approximate surface area is 112 Å². The normalized spacial score (nSPS) is 39.1. The Hall–Kier alpha value is -1.73. The second-order valence-electron chi connectivity index (χ2n) is 4.96. The summed E-state index contributed by atoms with van der Waals surface area (Å²) in [5.74, 6) is -3.06. The highest BCUT2D eigenvalue weighted by atomic mass is 32.1. The van der Waals surface area contributed by atoms with Crippen LogP contribution in [0.1, 0.15) is 0 Å². The molecule has 1 amide bonds. The standard InChI is InChI=1S/C12H10N2O4S/c15-9-8-7(10(16)17)6-1-2-12(8,18-6)5-14(9)11-13-3-4-19-11/h1-4,6-8H,5H2,(H,16,17)/p-1/t6-,7-,8+,12+/m0/s1. The molecule has 98 valence electrons. The van der Waals surface area contributed by atoms with Gasteiger partial charge in [-0.05, 0) is 0 Å². The number of thiazole rings is 1. The lowest BCUT2D eigenvalue weighted by Gasteiger charge is -2.24. The van der Waals surface area contributed by atoms with Gasteiger partial charge in [-0.15, -0.1) is 11.3 Å². The second kappa shape index (κ2) is 3.43. The Kier molecular flexibility index (Phi) is 2.01. The Morgan fingerprint density at radius 2 is 2.47 bits per heavy atom. The largest absolute Gasteiger partial charge is 0.550 e. The molecule has 0 aromatic carbocycles. The van der Waals surface area contributed by atoms with E-state index in [0.717, 1.165) is 0 Å². The van der Waals surface area contributed by atoms with Crippen molar-refractivity contribution in [3.63, 3.8) is 0 Å². The van der Waals surface area contributed by atoms with Crippen molar-refractivity contribution in [3.05, 3.63) is 23.7 Å². The van der Waals surface area contributed by atoms with Crippen LogP contribution in [0.25, 0.3) is 0 Å². The monoisotopic (exact) mass is 277 g/mol. The van der Waals surface area contributed by atoms with Gasteiger partial charge in [-0.25, -0.2) is 4.98 Å². The highest BCUT2D eigenvalue weighted by molar-refractivity contribution is 7.13. The summed E-state index contributed by atoms with van der Waals surface area (Å²) < 4.78 is 5.74. The maximum atomic E-state index is 12.5. The van der Waals surface area contributed by atoms with Crippen molar-refractivity contribution < 1.29 is 19.4 Å². The van der Waals surface area contributed by atoms with Gasteiger partial charge >= 0.3 is 0 Å². The first-order chi connectivity index (χ1) is 9.12. The average Bonchev–Trinajstić information content (AvgIpc) is 3.09. The van der Waals surface area contributed by atoms with Crippen molar-refractivity contribution in [1.29, 1.82) is 0 Å². The van der Waals surface area contributed by atoms with Gasteiger partial charge in [0.05, 0.1) is 18.6 Å². The average molecular weight is 277 g/mol. The zero-order valence-corrected chi connectivity index (χ0v) is 10.5. The van der Waals surface area contributed by atoms with E-state index in [0.29, 0.717) is 11.7 Å². The molecular formula is C12H9N2O4S-. The summed E-state index contributed by atoms with van der Waals surface area (Å²) >= 11 is 1.35. The van der Waals surface area contributed by atoms with Crippen LogP contribution in [-0.4, -0.2) is 35.1 Å². The molecule has 2 bridgehead atoms. The molecule has 1 spiro atoms. The quantitative estimate of drug-likeness (QED) is 0.660. The van der Waals surface area contributed by atoms with Crippen molar-refractivity contribution in [1.82, 2.24) is 4.98 Å². The summed E-state index contributed by atoms with van der Waals surface area (Å²) in [5.41, 5.74) is -0.821. The first-order valence-electron chi connectivity index (χ1n) is 5.91. The van der Waals surface area contributed by atoms with Crippen LogP contribution in [0.2, 0.25) is 0 Å². The van der Waals surface area contributed by atoms with Crippen LogP contribution in [-0.2, 0) is 14.3 Å². The van der Waals surface area contributed by atoms with E-state index in [1.165, 1.54) is 16.2 Å². The first kappa shape index (κ1) is 11.1. The number of nitrogens with zero attached hydrogens (tertiary/aromatic N) is 2. The number of ether oxygens (including phenoxy) is 1. The third-order valence-electron chi connectivity index (χ3n) is 4.02. The maximum Gasteiger partial charge on any atom is 0.236 e. The smallest absolute Gasteiger partial charge is 0.236 e. The van der Waals surface area contributed by atoms with Crippen molar-refractivity contribution in [2.45, 2.75) is 11.7 Å². The zero-order valence-electron chi connectivity index (χ0n) is 9.68. The molecule has 2 saturated heterocycles. The fourth-order valence-corrected chi connectivity index (χ4v) is 3.93. The van der Waals surface area contributed by atoms with E-state index >= 15 is 0 Å². The van der Waals surface area contributed by atoms with Gasteiger partial charge in [0.25, 0.3) is 0 Å². The van der Waals surface area contributed by atoms with Crippen LogP contribution < -0.4 is 10.0 Å². The molecule has 0 aliphatic carbocycles. The SMILES string of the molecule is O=C([O-])[C@H]1[C@@H]2C=C[C@]3(CN(c4nccs4)C(=O)[C@@H]13)O2. The number of carboxylic acids is 1. The summed E-state index contributed by atoms with van der Waals surface area (Å²) in [6, 6.07) is 0. The fraction of sp³-hybridized carbons (Fsp3) is 0.417. The first-order valence-corrected chi connectivity index (χ1v) is 6.79. The molecule has 3 aliphatic rings. The number of amides is 1. The van der Waals surface area contributed by atoms with Crippen LogP contribution in [0.3, 0.4) is 0 Å². The van der Waals surface area contributed by atoms with E-state index in [4.69, 9.17) is 4.74 Å². The van der Waals surface area contributed by atoms with Crippen molar-refractivity contribution in [2.24, 2.45) is 11.8 Å². The highest BCUT2D eigenvalue weighted by Gasteiger charge is 2.65.